The molecule has 0 spiro atoms. The molecular formula is C23H24N2O4. The van der Waals surface area contributed by atoms with Crippen LogP contribution >= 0.6 is 0 Å². The van der Waals surface area contributed by atoms with Crippen LogP contribution in [0.25, 0.3) is 0 Å². The van der Waals surface area contributed by atoms with Crippen molar-refractivity contribution in [3.05, 3.63) is 59.7 Å². The number of fused-ring (bicyclic) bond motifs is 2. The van der Waals surface area contributed by atoms with Crippen LogP contribution in [0.2, 0.25) is 0 Å². The second-order valence-corrected chi connectivity index (χ2v) is 7.76. The summed E-state index contributed by atoms with van der Waals surface area (Å²) in [4.78, 5) is 29.9. The number of rotatable bonds is 2. The van der Waals surface area contributed by atoms with Crippen molar-refractivity contribution < 1.29 is 19.1 Å². The Hall–Kier alpha value is -2.86. The summed E-state index contributed by atoms with van der Waals surface area (Å²) in [5.74, 6) is 1.22. The van der Waals surface area contributed by atoms with Gasteiger partial charge in [-0.05, 0) is 25.0 Å². The predicted octanol–water partition coefficient (Wildman–Crippen LogP) is 2.77. The molecule has 2 fully saturated rings. The number of carbonyl (C=O) groups excluding carboxylic acids is 2. The Labute approximate surface area is 170 Å². The number of amides is 2. The third-order valence-corrected chi connectivity index (χ3v) is 6.04. The molecule has 2 saturated heterocycles. The lowest BCUT2D eigenvalue weighted by atomic mass is 9.86. The van der Waals surface area contributed by atoms with Gasteiger partial charge in [0.25, 0.3) is 5.91 Å². The van der Waals surface area contributed by atoms with E-state index in [4.69, 9.17) is 9.47 Å². The molecule has 6 heteroatoms. The molecule has 29 heavy (non-hydrogen) atoms. The first-order valence-corrected chi connectivity index (χ1v) is 10.3. The highest BCUT2D eigenvalue weighted by Crippen LogP contribution is 2.44. The largest absolute Gasteiger partial charge is 0.457 e. The Morgan fingerprint density at radius 1 is 0.793 bits per heavy atom. The van der Waals surface area contributed by atoms with Gasteiger partial charge in [-0.15, -0.1) is 0 Å². The third kappa shape index (κ3) is 3.27. The van der Waals surface area contributed by atoms with E-state index in [1.807, 2.05) is 58.3 Å². The van der Waals surface area contributed by atoms with Crippen LogP contribution in [0.15, 0.2) is 48.5 Å². The molecule has 0 aromatic heterocycles. The van der Waals surface area contributed by atoms with Crippen molar-refractivity contribution in [3.8, 4) is 11.5 Å². The first kappa shape index (κ1) is 18.2. The molecule has 3 aliphatic rings. The Kier molecular flexibility index (Phi) is 4.72. The summed E-state index contributed by atoms with van der Waals surface area (Å²) in [7, 11) is 0. The molecule has 0 radical (unpaired) electrons. The van der Waals surface area contributed by atoms with E-state index in [9.17, 15) is 9.59 Å². The van der Waals surface area contributed by atoms with E-state index in [2.05, 4.69) is 0 Å². The van der Waals surface area contributed by atoms with Gasteiger partial charge in [0, 0.05) is 43.9 Å². The second kappa shape index (κ2) is 7.52. The number of nitrogens with zero attached hydrogens (tertiary/aromatic N) is 2. The lowest BCUT2D eigenvalue weighted by Gasteiger charge is -2.38. The van der Waals surface area contributed by atoms with Crippen LogP contribution in [0.3, 0.4) is 0 Å². The molecule has 0 saturated carbocycles. The number of hydrogen-bond acceptors (Lipinski definition) is 4. The average molecular weight is 392 g/mol. The number of benzene rings is 2. The maximum atomic E-state index is 13.6. The molecule has 0 bridgehead atoms. The maximum Gasteiger partial charge on any atom is 0.251 e. The monoisotopic (exact) mass is 392 g/mol. The molecule has 3 aliphatic heterocycles. The van der Waals surface area contributed by atoms with Gasteiger partial charge in [0.1, 0.15) is 17.6 Å². The van der Waals surface area contributed by atoms with Gasteiger partial charge in [-0.2, -0.15) is 0 Å². The van der Waals surface area contributed by atoms with E-state index in [1.165, 1.54) is 0 Å². The lowest BCUT2D eigenvalue weighted by Crippen LogP contribution is -2.53. The third-order valence-electron chi connectivity index (χ3n) is 6.04. The maximum absolute atomic E-state index is 13.6. The van der Waals surface area contributed by atoms with Crippen molar-refractivity contribution in [3.63, 3.8) is 0 Å². The molecule has 0 aliphatic carbocycles. The molecule has 0 unspecified atom stereocenters. The molecule has 1 atom stereocenters. The SMILES string of the molecule is O=C(C1c2ccccc2Oc2ccccc21)N1CCN(C(=O)[C@@H]2CCCO2)CC1. The van der Waals surface area contributed by atoms with Gasteiger partial charge in [0.15, 0.2) is 0 Å². The van der Waals surface area contributed by atoms with Crippen LogP contribution in [-0.4, -0.2) is 60.5 Å². The van der Waals surface area contributed by atoms with Crippen LogP contribution < -0.4 is 4.74 Å². The number of carbonyl (C=O) groups is 2. The van der Waals surface area contributed by atoms with E-state index in [-0.39, 0.29) is 23.8 Å². The molecule has 2 aromatic rings. The molecule has 2 amide bonds. The smallest absolute Gasteiger partial charge is 0.251 e. The topological polar surface area (TPSA) is 59.1 Å². The average Bonchev–Trinajstić information content (AvgIpc) is 3.31. The zero-order valence-electron chi connectivity index (χ0n) is 16.3. The van der Waals surface area contributed by atoms with Gasteiger partial charge >= 0.3 is 0 Å². The summed E-state index contributed by atoms with van der Waals surface area (Å²) >= 11 is 0. The highest BCUT2D eigenvalue weighted by atomic mass is 16.5. The van der Waals surface area contributed by atoms with Gasteiger partial charge in [0.2, 0.25) is 5.91 Å². The summed E-state index contributed by atoms with van der Waals surface area (Å²) in [6.07, 6.45) is 1.44. The molecule has 150 valence electrons. The molecule has 0 N–H and O–H groups in total. The van der Waals surface area contributed by atoms with Crippen LogP contribution in [0.1, 0.15) is 29.9 Å². The fourth-order valence-corrected chi connectivity index (χ4v) is 4.48. The van der Waals surface area contributed by atoms with Gasteiger partial charge in [-0.25, -0.2) is 0 Å². The van der Waals surface area contributed by atoms with Gasteiger partial charge in [-0.1, -0.05) is 36.4 Å². The minimum absolute atomic E-state index is 0.0661. The van der Waals surface area contributed by atoms with Crippen LogP contribution in [-0.2, 0) is 14.3 Å². The first-order chi connectivity index (χ1) is 14.2. The summed E-state index contributed by atoms with van der Waals surface area (Å²) in [5.41, 5.74) is 1.79. The lowest BCUT2D eigenvalue weighted by molar-refractivity contribution is -0.146. The first-order valence-electron chi connectivity index (χ1n) is 10.3. The second-order valence-electron chi connectivity index (χ2n) is 7.76. The van der Waals surface area contributed by atoms with Crippen LogP contribution in [0, 0.1) is 0 Å². The summed E-state index contributed by atoms with van der Waals surface area (Å²) < 4.78 is 11.5. The van der Waals surface area contributed by atoms with Crippen molar-refractivity contribution in [2.24, 2.45) is 0 Å². The van der Waals surface area contributed by atoms with Gasteiger partial charge < -0.3 is 19.3 Å². The van der Waals surface area contributed by atoms with Gasteiger partial charge in [-0.3, -0.25) is 9.59 Å². The fourth-order valence-electron chi connectivity index (χ4n) is 4.48. The van der Waals surface area contributed by atoms with E-state index >= 15 is 0 Å². The summed E-state index contributed by atoms with van der Waals surface area (Å²) in [6, 6.07) is 15.5. The normalized spacial score (nSPS) is 21.3. The van der Waals surface area contributed by atoms with Crippen LogP contribution in [0.4, 0.5) is 0 Å². The molecular weight excluding hydrogens is 368 g/mol. The highest BCUT2D eigenvalue weighted by molar-refractivity contribution is 5.90. The summed E-state index contributed by atoms with van der Waals surface area (Å²) in [6.45, 7) is 2.85. The van der Waals surface area contributed by atoms with E-state index in [1.54, 1.807) is 0 Å². The Morgan fingerprint density at radius 2 is 1.34 bits per heavy atom. The van der Waals surface area contributed by atoms with E-state index in [0.717, 1.165) is 35.5 Å². The Balaban J connectivity index is 1.35. The summed E-state index contributed by atoms with van der Waals surface area (Å²) in [5, 5.41) is 0. The molecule has 6 nitrogen and oxygen atoms in total. The van der Waals surface area contributed by atoms with Crippen molar-refractivity contribution in [1.29, 1.82) is 0 Å². The predicted molar refractivity (Wildman–Crippen MR) is 107 cm³/mol. The quantitative estimate of drug-likeness (QED) is 0.789. The van der Waals surface area contributed by atoms with E-state index in [0.29, 0.717) is 32.8 Å². The number of ether oxygens (including phenoxy) is 2. The zero-order valence-corrected chi connectivity index (χ0v) is 16.3. The number of hydrogen-bond donors (Lipinski definition) is 0. The fraction of sp³-hybridized carbons (Fsp3) is 0.391. The van der Waals surface area contributed by atoms with Crippen molar-refractivity contribution in [2.75, 3.05) is 32.8 Å². The number of piperazine rings is 1. The molecule has 5 rings (SSSR count). The van der Waals surface area contributed by atoms with E-state index < -0.39 is 0 Å². The van der Waals surface area contributed by atoms with Crippen molar-refractivity contribution >= 4 is 11.8 Å². The minimum Gasteiger partial charge on any atom is -0.457 e. The number of para-hydroxylation sites is 2. The Morgan fingerprint density at radius 3 is 1.90 bits per heavy atom. The van der Waals surface area contributed by atoms with Gasteiger partial charge in [0.05, 0.1) is 5.92 Å². The minimum atomic E-state index is -0.378. The van der Waals surface area contributed by atoms with Crippen molar-refractivity contribution in [1.82, 2.24) is 9.80 Å². The molecule has 2 aromatic carbocycles. The standard InChI is InChI=1S/C23H24N2O4/c26-22(20-10-5-15-28-20)24-11-13-25(14-12-24)23(27)21-16-6-1-3-8-18(16)29-19-9-4-2-7-17(19)21/h1-4,6-9,20-21H,5,10-15H2/t20-/m0/s1. The van der Waals surface area contributed by atoms with Crippen molar-refractivity contribution in [2.45, 2.75) is 24.9 Å². The molecule has 3 heterocycles. The Bertz CT molecular complexity index is 884. The zero-order chi connectivity index (χ0) is 19.8. The van der Waals surface area contributed by atoms with Crippen LogP contribution in [0.5, 0.6) is 11.5 Å². The highest BCUT2D eigenvalue weighted by Gasteiger charge is 2.37.